The Bertz CT molecular complexity index is 683. The van der Waals surface area contributed by atoms with E-state index >= 15 is 0 Å². The second-order valence-electron chi connectivity index (χ2n) is 4.70. The molecule has 1 aromatic carbocycles. The minimum absolute atomic E-state index is 0.0595. The fraction of sp³-hybridized carbons (Fsp3) is 0.312. The summed E-state index contributed by atoms with van der Waals surface area (Å²) in [5.74, 6) is 0.651. The lowest BCUT2D eigenvalue weighted by Gasteiger charge is -2.13. The number of pyridine rings is 1. The molecule has 2 aromatic rings. The molecule has 0 bridgehead atoms. The molecule has 4 nitrogen and oxygen atoms in total. The molecule has 0 aliphatic heterocycles. The second kappa shape index (κ2) is 8.61. The number of ether oxygens (including phenoxy) is 3. The topological polar surface area (TPSA) is 40.6 Å². The molecule has 0 radical (unpaired) electrons. The van der Waals surface area contributed by atoms with Crippen LogP contribution < -0.4 is 9.47 Å². The highest BCUT2D eigenvalue weighted by Crippen LogP contribution is 2.29. The Balaban J connectivity index is 2.22. The van der Waals surface area contributed by atoms with Crippen LogP contribution in [0, 0.1) is 5.82 Å². The average molecular weight is 449 g/mol. The standard InChI is InChI=1S/C16H16Br2FNO3/c1-21-9-23-15-8-10(17)7-13(19)11(15)3-5-14-12(18)4-6-16(20-14)22-2/h4,6-8H,3,5,9H2,1-2H3. The monoisotopic (exact) mass is 447 g/mol. The molecular weight excluding hydrogens is 433 g/mol. The van der Waals surface area contributed by atoms with Crippen molar-refractivity contribution in [2.45, 2.75) is 12.8 Å². The van der Waals surface area contributed by atoms with Crippen molar-refractivity contribution in [3.05, 3.63) is 50.3 Å². The van der Waals surface area contributed by atoms with Crippen molar-refractivity contribution in [1.29, 1.82) is 0 Å². The van der Waals surface area contributed by atoms with Gasteiger partial charge in [-0.15, -0.1) is 0 Å². The van der Waals surface area contributed by atoms with Gasteiger partial charge in [0, 0.05) is 27.7 Å². The van der Waals surface area contributed by atoms with Crippen LogP contribution >= 0.6 is 31.9 Å². The van der Waals surface area contributed by atoms with Gasteiger partial charge in [0.2, 0.25) is 5.88 Å². The summed E-state index contributed by atoms with van der Waals surface area (Å²) < 4.78 is 31.2. The minimum Gasteiger partial charge on any atom is -0.481 e. The van der Waals surface area contributed by atoms with E-state index < -0.39 is 0 Å². The number of nitrogens with zero attached hydrogens (tertiary/aromatic N) is 1. The highest BCUT2D eigenvalue weighted by molar-refractivity contribution is 9.10. The molecule has 0 N–H and O–H groups in total. The highest BCUT2D eigenvalue weighted by Gasteiger charge is 2.14. The molecule has 0 saturated carbocycles. The smallest absolute Gasteiger partial charge is 0.213 e. The second-order valence-corrected chi connectivity index (χ2v) is 6.47. The van der Waals surface area contributed by atoms with Crippen LogP contribution in [-0.4, -0.2) is 26.0 Å². The van der Waals surface area contributed by atoms with Gasteiger partial charge in [-0.1, -0.05) is 15.9 Å². The van der Waals surface area contributed by atoms with Gasteiger partial charge >= 0.3 is 0 Å². The lowest BCUT2D eigenvalue weighted by Crippen LogP contribution is -2.06. The zero-order valence-electron chi connectivity index (χ0n) is 12.7. The zero-order valence-corrected chi connectivity index (χ0v) is 15.9. The van der Waals surface area contributed by atoms with E-state index in [-0.39, 0.29) is 12.6 Å². The van der Waals surface area contributed by atoms with E-state index in [0.717, 1.165) is 10.2 Å². The van der Waals surface area contributed by atoms with Gasteiger partial charge in [-0.2, -0.15) is 0 Å². The third kappa shape index (κ3) is 4.89. The summed E-state index contributed by atoms with van der Waals surface area (Å²) in [7, 11) is 3.08. The van der Waals surface area contributed by atoms with Crippen LogP contribution in [0.4, 0.5) is 4.39 Å². The van der Waals surface area contributed by atoms with Gasteiger partial charge < -0.3 is 14.2 Å². The molecule has 0 spiro atoms. The number of halogens is 3. The summed E-state index contributed by atoms with van der Waals surface area (Å²) in [5.41, 5.74) is 1.28. The number of hydrogen-bond acceptors (Lipinski definition) is 4. The summed E-state index contributed by atoms with van der Waals surface area (Å²) in [4.78, 5) is 4.38. The molecule has 0 fully saturated rings. The Morgan fingerprint density at radius 2 is 1.91 bits per heavy atom. The van der Waals surface area contributed by atoms with Crippen molar-refractivity contribution < 1.29 is 18.6 Å². The average Bonchev–Trinajstić information content (AvgIpc) is 2.53. The number of methoxy groups -OCH3 is 2. The normalized spacial score (nSPS) is 10.7. The summed E-state index contributed by atoms with van der Waals surface area (Å²) in [6, 6.07) is 6.77. The predicted molar refractivity (Wildman–Crippen MR) is 92.5 cm³/mol. The molecule has 0 unspecified atom stereocenters. The SMILES string of the molecule is COCOc1cc(Br)cc(F)c1CCc1nc(OC)ccc1Br. The van der Waals surface area contributed by atoms with E-state index in [4.69, 9.17) is 14.2 Å². The van der Waals surface area contributed by atoms with Gasteiger partial charge in [0.15, 0.2) is 6.79 Å². The van der Waals surface area contributed by atoms with Crippen molar-refractivity contribution in [3.8, 4) is 11.6 Å². The maximum atomic E-state index is 14.3. The van der Waals surface area contributed by atoms with Gasteiger partial charge in [-0.3, -0.25) is 0 Å². The number of aromatic nitrogens is 1. The van der Waals surface area contributed by atoms with Gasteiger partial charge in [0.05, 0.1) is 12.8 Å². The van der Waals surface area contributed by atoms with Crippen LogP contribution in [0.3, 0.4) is 0 Å². The quantitative estimate of drug-likeness (QED) is 0.584. The van der Waals surface area contributed by atoms with Crippen LogP contribution in [0.1, 0.15) is 11.3 Å². The van der Waals surface area contributed by atoms with Crippen LogP contribution in [0.5, 0.6) is 11.6 Å². The first-order chi connectivity index (χ1) is 11.0. The van der Waals surface area contributed by atoms with Crippen LogP contribution in [0.25, 0.3) is 0 Å². The molecule has 0 aliphatic rings. The molecule has 1 aromatic heterocycles. The molecule has 2 rings (SSSR count). The Morgan fingerprint density at radius 1 is 1.13 bits per heavy atom. The number of rotatable bonds is 7. The first kappa shape index (κ1) is 18.2. The van der Waals surface area contributed by atoms with E-state index in [9.17, 15) is 4.39 Å². The maximum Gasteiger partial charge on any atom is 0.213 e. The fourth-order valence-electron chi connectivity index (χ4n) is 2.07. The van der Waals surface area contributed by atoms with E-state index in [1.54, 1.807) is 19.2 Å². The third-order valence-electron chi connectivity index (χ3n) is 3.17. The lowest BCUT2D eigenvalue weighted by molar-refractivity contribution is 0.0501. The third-order valence-corrected chi connectivity index (χ3v) is 4.35. The lowest BCUT2D eigenvalue weighted by atomic mass is 10.1. The molecular formula is C16H16Br2FNO3. The molecule has 23 heavy (non-hydrogen) atoms. The molecule has 0 amide bonds. The summed E-state index contributed by atoms with van der Waals surface area (Å²) in [6.07, 6.45) is 0.983. The summed E-state index contributed by atoms with van der Waals surface area (Å²) >= 11 is 6.72. The van der Waals surface area contributed by atoms with Crippen LogP contribution in [-0.2, 0) is 17.6 Å². The van der Waals surface area contributed by atoms with E-state index in [2.05, 4.69) is 36.8 Å². The van der Waals surface area contributed by atoms with Gasteiger partial charge in [-0.25, -0.2) is 9.37 Å². The van der Waals surface area contributed by atoms with Crippen LogP contribution in [0.15, 0.2) is 33.2 Å². The first-order valence-corrected chi connectivity index (χ1v) is 8.42. The van der Waals surface area contributed by atoms with Gasteiger partial charge in [-0.05, 0) is 47.0 Å². The largest absolute Gasteiger partial charge is 0.481 e. The fourth-order valence-corrected chi connectivity index (χ4v) is 2.90. The van der Waals surface area contributed by atoms with Gasteiger partial charge in [0.1, 0.15) is 11.6 Å². The molecule has 0 saturated heterocycles. The Hall–Kier alpha value is -1.18. The number of hydrogen-bond donors (Lipinski definition) is 0. The molecule has 1 heterocycles. The molecule has 0 atom stereocenters. The highest BCUT2D eigenvalue weighted by atomic mass is 79.9. The van der Waals surface area contributed by atoms with Gasteiger partial charge in [0.25, 0.3) is 0 Å². The van der Waals surface area contributed by atoms with Crippen LogP contribution in [0.2, 0.25) is 0 Å². The summed E-state index contributed by atoms with van der Waals surface area (Å²) in [6.45, 7) is 0.0595. The number of benzene rings is 1. The first-order valence-electron chi connectivity index (χ1n) is 6.84. The van der Waals surface area contributed by atoms with Crippen molar-refractivity contribution in [1.82, 2.24) is 4.98 Å². The Labute approximate surface area is 151 Å². The van der Waals surface area contributed by atoms with E-state index in [1.165, 1.54) is 13.2 Å². The maximum absolute atomic E-state index is 14.3. The summed E-state index contributed by atoms with van der Waals surface area (Å²) in [5, 5.41) is 0. The van der Waals surface area contributed by atoms with Crippen molar-refractivity contribution >= 4 is 31.9 Å². The van der Waals surface area contributed by atoms with Crippen molar-refractivity contribution in [3.63, 3.8) is 0 Å². The minimum atomic E-state index is -0.329. The zero-order chi connectivity index (χ0) is 16.8. The predicted octanol–water partition coefficient (Wildman–Crippen LogP) is 4.52. The molecule has 124 valence electrons. The Kier molecular flexibility index (Phi) is 6.80. The number of aryl methyl sites for hydroxylation is 1. The van der Waals surface area contributed by atoms with Crippen molar-refractivity contribution in [2.75, 3.05) is 21.0 Å². The van der Waals surface area contributed by atoms with E-state index in [1.807, 2.05) is 6.07 Å². The van der Waals surface area contributed by atoms with Crippen molar-refractivity contribution in [2.24, 2.45) is 0 Å². The molecule has 7 heteroatoms. The molecule has 0 aliphatic carbocycles. The van der Waals surface area contributed by atoms with E-state index in [0.29, 0.717) is 34.5 Å². The Morgan fingerprint density at radius 3 is 2.61 bits per heavy atom.